The van der Waals surface area contributed by atoms with Gasteiger partial charge in [0.2, 0.25) is 5.91 Å². The van der Waals surface area contributed by atoms with Crippen molar-refractivity contribution in [1.29, 1.82) is 0 Å². The molecule has 9 heteroatoms. The predicted octanol–water partition coefficient (Wildman–Crippen LogP) is 5.37. The van der Waals surface area contributed by atoms with Crippen LogP contribution in [0.25, 0.3) is 0 Å². The Morgan fingerprint density at radius 2 is 1.76 bits per heavy atom. The van der Waals surface area contributed by atoms with E-state index in [1.165, 1.54) is 36.0 Å². The lowest BCUT2D eigenvalue weighted by Gasteiger charge is -2.16. The van der Waals surface area contributed by atoms with Crippen LogP contribution >= 0.6 is 11.8 Å². The number of nitrogens with zero attached hydrogens (tertiary/aromatic N) is 1. The largest absolute Gasteiger partial charge is 0.495 e. The number of nitro benzene ring substituents is 1. The number of nitrogens with one attached hydrogen (secondary N) is 2. The summed E-state index contributed by atoms with van der Waals surface area (Å²) >= 11 is 1.39. The number of carbonyl (C=O) groups is 2. The first-order valence-electron chi connectivity index (χ1n) is 10.2. The average molecular weight is 466 g/mol. The lowest BCUT2D eigenvalue weighted by Crippen LogP contribution is -2.24. The number of methoxy groups -OCH3 is 1. The van der Waals surface area contributed by atoms with Gasteiger partial charge < -0.3 is 15.4 Å². The zero-order chi connectivity index (χ0) is 23.8. The number of hydrogen-bond acceptors (Lipinski definition) is 6. The number of anilines is 2. The number of thioether (sulfide) groups is 1. The number of hydrogen-bond donors (Lipinski definition) is 2. The van der Waals surface area contributed by atoms with Crippen LogP contribution in [-0.2, 0) is 4.79 Å². The number of benzene rings is 3. The van der Waals surface area contributed by atoms with Crippen molar-refractivity contribution in [1.82, 2.24) is 0 Å². The van der Waals surface area contributed by atoms with E-state index in [0.717, 1.165) is 4.90 Å². The molecule has 8 nitrogen and oxygen atoms in total. The summed E-state index contributed by atoms with van der Waals surface area (Å²) in [4.78, 5) is 36.4. The van der Waals surface area contributed by atoms with E-state index in [0.29, 0.717) is 29.1 Å². The van der Waals surface area contributed by atoms with Crippen molar-refractivity contribution in [2.45, 2.75) is 23.5 Å². The van der Waals surface area contributed by atoms with Gasteiger partial charge in [-0.1, -0.05) is 25.1 Å². The Morgan fingerprint density at radius 3 is 2.42 bits per heavy atom. The summed E-state index contributed by atoms with van der Waals surface area (Å²) in [6, 6.07) is 19.8. The van der Waals surface area contributed by atoms with Crippen LogP contribution < -0.4 is 15.4 Å². The van der Waals surface area contributed by atoms with Crippen LogP contribution in [0.5, 0.6) is 5.75 Å². The van der Waals surface area contributed by atoms with Gasteiger partial charge in [0.25, 0.3) is 11.6 Å². The maximum atomic E-state index is 12.8. The molecule has 0 heterocycles. The van der Waals surface area contributed by atoms with Crippen molar-refractivity contribution >= 4 is 40.6 Å². The zero-order valence-corrected chi connectivity index (χ0v) is 18.9. The van der Waals surface area contributed by atoms with Crippen molar-refractivity contribution < 1.29 is 19.2 Å². The maximum absolute atomic E-state index is 12.8. The van der Waals surface area contributed by atoms with E-state index in [1.54, 1.807) is 37.4 Å². The van der Waals surface area contributed by atoms with Gasteiger partial charge in [0.05, 0.1) is 23.0 Å². The van der Waals surface area contributed by atoms with Crippen molar-refractivity contribution in [2.75, 3.05) is 17.7 Å². The standard InChI is InChI=1S/C24H23N3O5S/c1-3-22(24(29)26-20-9-4-5-10-21(20)32-2)33-19-8-6-7-17(15-19)25-23(28)16-11-13-18(14-12-16)27(30)31/h4-15,22H,3H2,1-2H3,(H,25,28)(H,26,29). The molecule has 0 bridgehead atoms. The number of para-hydroxylation sites is 2. The molecule has 3 aromatic carbocycles. The molecule has 33 heavy (non-hydrogen) atoms. The minimum Gasteiger partial charge on any atom is -0.495 e. The minimum atomic E-state index is -0.517. The van der Waals surface area contributed by atoms with Gasteiger partial charge in [0.1, 0.15) is 5.75 Å². The van der Waals surface area contributed by atoms with Crippen LogP contribution in [0, 0.1) is 10.1 Å². The molecule has 0 saturated heterocycles. The number of nitro groups is 1. The highest BCUT2D eigenvalue weighted by molar-refractivity contribution is 8.00. The van der Waals surface area contributed by atoms with Crippen molar-refractivity contribution in [3.63, 3.8) is 0 Å². The highest BCUT2D eigenvalue weighted by atomic mass is 32.2. The van der Waals surface area contributed by atoms with E-state index in [4.69, 9.17) is 4.74 Å². The zero-order valence-electron chi connectivity index (χ0n) is 18.1. The summed E-state index contributed by atoms with van der Waals surface area (Å²) < 4.78 is 5.29. The molecule has 0 fully saturated rings. The summed E-state index contributed by atoms with van der Waals surface area (Å²) in [6.45, 7) is 1.93. The van der Waals surface area contributed by atoms with Gasteiger partial charge in [-0.2, -0.15) is 0 Å². The molecule has 0 spiro atoms. The lowest BCUT2D eigenvalue weighted by atomic mass is 10.2. The molecule has 3 rings (SSSR count). The summed E-state index contributed by atoms with van der Waals surface area (Å²) in [5, 5.41) is 16.1. The van der Waals surface area contributed by atoms with Crippen molar-refractivity contribution in [3.8, 4) is 5.75 Å². The van der Waals surface area contributed by atoms with E-state index in [1.807, 2.05) is 25.1 Å². The number of rotatable bonds is 9. The maximum Gasteiger partial charge on any atom is 0.269 e. The second-order valence-corrected chi connectivity index (χ2v) is 8.27. The molecule has 0 saturated carbocycles. The van der Waals surface area contributed by atoms with Crippen LogP contribution in [0.2, 0.25) is 0 Å². The predicted molar refractivity (Wildman–Crippen MR) is 129 cm³/mol. The summed E-state index contributed by atoms with van der Waals surface area (Å²) in [5.41, 5.74) is 1.39. The summed E-state index contributed by atoms with van der Waals surface area (Å²) in [5.74, 6) is 0.0574. The van der Waals surface area contributed by atoms with E-state index >= 15 is 0 Å². The molecule has 3 aromatic rings. The van der Waals surface area contributed by atoms with E-state index < -0.39 is 4.92 Å². The third-order valence-electron chi connectivity index (χ3n) is 4.74. The third kappa shape index (κ3) is 6.33. The number of amides is 2. The van der Waals surface area contributed by atoms with Crippen LogP contribution in [0.1, 0.15) is 23.7 Å². The molecule has 0 radical (unpaired) electrons. The molecular formula is C24H23N3O5S. The Hall–Kier alpha value is -3.85. The fraction of sp³-hybridized carbons (Fsp3) is 0.167. The SMILES string of the molecule is CCC(Sc1cccc(NC(=O)c2ccc([N+](=O)[O-])cc2)c1)C(=O)Nc1ccccc1OC. The fourth-order valence-corrected chi connectivity index (χ4v) is 4.05. The Morgan fingerprint density at radius 1 is 1.03 bits per heavy atom. The number of non-ortho nitro benzene ring substituents is 1. The quantitative estimate of drug-likeness (QED) is 0.250. The monoisotopic (exact) mass is 465 g/mol. The van der Waals surface area contributed by atoms with Gasteiger partial charge in [0.15, 0.2) is 0 Å². The van der Waals surface area contributed by atoms with E-state index in [-0.39, 0.29) is 22.8 Å². The van der Waals surface area contributed by atoms with Crippen LogP contribution in [-0.4, -0.2) is 29.1 Å². The van der Waals surface area contributed by atoms with Gasteiger partial charge >= 0.3 is 0 Å². The van der Waals surface area contributed by atoms with Crippen LogP contribution in [0.3, 0.4) is 0 Å². The first-order valence-corrected chi connectivity index (χ1v) is 11.1. The molecule has 0 aliphatic carbocycles. The molecule has 2 amide bonds. The van der Waals surface area contributed by atoms with Gasteiger partial charge in [-0.3, -0.25) is 19.7 Å². The summed E-state index contributed by atoms with van der Waals surface area (Å²) in [7, 11) is 1.55. The normalized spacial score (nSPS) is 11.3. The second kappa shape index (κ2) is 11.1. The molecule has 0 aromatic heterocycles. The average Bonchev–Trinajstić information content (AvgIpc) is 2.83. The molecule has 2 N–H and O–H groups in total. The lowest BCUT2D eigenvalue weighted by molar-refractivity contribution is -0.384. The Kier molecular flexibility index (Phi) is 8.04. The minimum absolute atomic E-state index is 0.0815. The Labute approximate surface area is 195 Å². The van der Waals surface area contributed by atoms with Gasteiger partial charge in [-0.15, -0.1) is 11.8 Å². The molecule has 1 unspecified atom stereocenters. The Bertz CT molecular complexity index is 1150. The van der Waals surface area contributed by atoms with Crippen molar-refractivity contribution in [3.05, 3.63) is 88.5 Å². The number of carbonyl (C=O) groups excluding carboxylic acids is 2. The Balaban J connectivity index is 1.67. The third-order valence-corrected chi connectivity index (χ3v) is 6.10. The van der Waals surface area contributed by atoms with E-state index in [2.05, 4.69) is 10.6 Å². The van der Waals surface area contributed by atoms with Gasteiger partial charge in [-0.05, 0) is 48.9 Å². The molecular weight excluding hydrogens is 442 g/mol. The van der Waals surface area contributed by atoms with Gasteiger partial charge in [-0.25, -0.2) is 0 Å². The molecule has 170 valence electrons. The molecule has 0 aliphatic heterocycles. The first kappa shape index (κ1) is 23.8. The van der Waals surface area contributed by atoms with Gasteiger partial charge in [0, 0.05) is 28.3 Å². The highest BCUT2D eigenvalue weighted by Crippen LogP contribution is 2.30. The molecule has 0 aliphatic rings. The first-order chi connectivity index (χ1) is 15.9. The second-order valence-electron chi connectivity index (χ2n) is 6.99. The van der Waals surface area contributed by atoms with Crippen LogP contribution in [0.15, 0.2) is 77.7 Å². The number of ether oxygens (including phenoxy) is 1. The highest BCUT2D eigenvalue weighted by Gasteiger charge is 2.20. The smallest absolute Gasteiger partial charge is 0.269 e. The summed E-state index contributed by atoms with van der Waals surface area (Å²) in [6.07, 6.45) is 0.602. The van der Waals surface area contributed by atoms with E-state index in [9.17, 15) is 19.7 Å². The molecule has 1 atom stereocenters. The van der Waals surface area contributed by atoms with Crippen LogP contribution in [0.4, 0.5) is 17.1 Å². The topological polar surface area (TPSA) is 111 Å². The fourth-order valence-electron chi connectivity index (χ4n) is 3.03. The van der Waals surface area contributed by atoms with Crippen molar-refractivity contribution in [2.24, 2.45) is 0 Å².